The molecule has 0 saturated carbocycles. The first kappa shape index (κ1) is 21.6. The molecule has 3 aliphatic rings. The van der Waals surface area contributed by atoms with E-state index in [0.717, 1.165) is 0 Å². The molecule has 2 aromatic carbocycles. The number of imide groups is 1. The number of fused-ring (bicyclic) bond motifs is 1. The Balaban J connectivity index is 1.36. The zero-order valence-electron chi connectivity index (χ0n) is 18.5. The molecule has 172 valence electrons. The summed E-state index contributed by atoms with van der Waals surface area (Å²) in [5.74, 6) is -0.865. The third-order valence-corrected chi connectivity index (χ3v) is 6.42. The highest BCUT2D eigenvalue weighted by Gasteiger charge is 2.41. The van der Waals surface area contributed by atoms with Gasteiger partial charge >= 0.3 is 0 Å². The Labute approximate surface area is 192 Å². The molecule has 0 bridgehead atoms. The van der Waals surface area contributed by atoms with E-state index < -0.39 is 5.79 Å². The van der Waals surface area contributed by atoms with Gasteiger partial charge in [0.25, 0.3) is 17.7 Å². The number of benzene rings is 2. The number of piperidine rings is 1. The Hall–Kier alpha value is -3.23. The highest BCUT2D eigenvalue weighted by atomic mass is 16.7. The molecule has 0 radical (unpaired) electrons. The Morgan fingerprint density at radius 3 is 2.24 bits per heavy atom. The van der Waals surface area contributed by atoms with Crippen LogP contribution >= 0.6 is 0 Å². The maximum absolute atomic E-state index is 13.4. The van der Waals surface area contributed by atoms with Gasteiger partial charge in [0.2, 0.25) is 0 Å². The van der Waals surface area contributed by atoms with E-state index in [-0.39, 0.29) is 24.3 Å². The lowest BCUT2D eigenvalue weighted by Gasteiger charge is -2.37. The van der Waals surface area contributed by atoms with Gasteiger partial charge in [-0.1, -0.05) is 18.2 Å². The number of carbonyl (C=O) groups excluding carboxylic acids is 3. The highest BCUT2D eigenvalue weighted by Crippen LogP contribution is 2.33. The predicted octanol–water partition coefficient (Wildman–Crippen LogP) is 2.86. The summed E-state index contributed by atoms with van der Waals surface area (Å²) in [6.45, 7) is 4.58. The van der Waals surface area contributed by atoms with E-state index in [1.54, 1.807) is 47.4 Å². The average Bonchev–Trinajstić information content (AvgIpc) is 3.39. The Kier molecular flexibility index (Phi) is 5.64. The first-order chi connectivity index (χ1) is 16.0. The standard InChI is InChI=1S/C25H26N2O6/c1-2-31-21-8-7-17(16-27-23(29)18-5-3-4-6-19(18)24(27)30)15-20(21)22(28)26-11-9-25(10-12-26)32-13-14-33-25/h3-8,15H,2,9-14,16H2,1H3. The van der Waals surface area contributed by atoms with Gasteiger partial charge in [0, 0.05) is 25.9 Å². The van der Waals surface area contributed by atoms with Crippen LogP contribution in [0.15, 0.2) is 42.5 Å². The van der Waals surface area contributed by atoms with Crippen molar-refractivity contribution in [2.75, 3.05) is 32.9 Å². The number of ether oxygens (including phenoxy) is 3. The summed E-state index contributed by atoms with van der Waals surface area (Å²) in [5, 5.41) is 0. The molecule has 0 N–H and O–H groups in total. The first-order valence-electron chi connectivity index (χ1n) is 11.3. The van der Waals surface area contributed by atoms with Gasteiger partial charge in [-0.05, 0) is 36.8 Å². The monoisotopic (exact) mass is 450 g/mol. The predicted molar refractivity (Wildman–Crippen MR) is 118 cm³/mol. The lowest BCUT2D eigenvalue weighted by atomic mass is 10.0. The molecule has 8 heteroatoms. The molecular formula is C25H26N2O6. The van der Waals surface area contributed by atoms with Crippen molar-refractivity contribution >= 4 is 17.7 Å². The Bertz CT molecular complexity index is 1060. The van der Waals surface area contributed by atoms with Crippen molar-refractivity contribution < 1.29 is 28.6 Å². The molecule has 1 spiro atoms. The van der Waals surface area contributed by atoms with Crippen molar-refractivity contribution in [3.05, 3.63) is 64.7 Å². The quantitative estimate of drug-likeness (QED) is 0.652. The smallest absolute Gasteiger partial charge is 0.261 e. The molecule has 33 heavy (non-hydrogen) atoms. The third kappa shape index (κ3) is 3.89. The number of amides is 3. The molecule has 2 aromatic rings. The van der Waals surface area contributed by atoms with Gasteiger partial charge < -0.3 is 19.1 Å². The number of nitrogens with zero attached hydrogens (tertiary/aromatic N) is 2. The van der Waals surface area contributed by atoms with Crippen molar-refractivity contribution in [3.63, 3.8) is 0 Å². The molecule has 3 amide bonds. The van der Waals surface area contributed by atoms with Crippen molar-refractivity contribution in [2.45, 2.75) is 32.1 Å². The molecule has 2 saturated heterocycles. The molecule has 2 fully saturated rings. The number of likely N-dealkylation sites (tertiary alicyclic amines) is 1. The summed E-state index contributed by atoms with van der Waals surface area (Å²) in [5.41, 5.74) is 1.93. The fourth-order valence-electron chi connectivity index (χ4n) is 4.70. The van der Waals surface area contributed by atoms with Crippen LogP contribution in [0.1, 0.15) is 56.4 Å². The van der Waals surface area contributed by atoms with Crippen molar-refractivity contribution in [1.82, 2.24) is 9.80 Å². The van der Waals surface area contributed by atoms with Crippen LogP contribution < -0.4 is 4.74 Å². The van der Waals surface area contributed by atoms with E-state index in [0.29, 0.717) is 73.8 Å². The first-order valence-corrected chi connectivity index (χ1v) is 11.3. The summed E-state index contributed by atoms with van der Waals surface area (Å²) in [6.07, 6.45) is 1.24. The Morgan fingerprint density at radius 1 is 1.00 bits per heavy atom. The average molecular weight is 450 g/mol. The van der Waals surface area contributed by atoms with Gasteiger partial charge in [-0.3, -0.25) is 19.3 Å². The SMILES string of the molecule is CCOc1ccc(CN2C(=O)c3ccccc3C2=O)cc1C(=O)N1CCC2(CC1)OCCO2. The van der Waals surface area contributed by atoms with Gasteiger partial charge in [-0.15, -0.1) is 0 Å². The fourth-order valence-corrected chi connectivity index (χ4v) is 4.70. The minimum absolute atomic E-state index is 0.0871. The van der Waals surface area contributed by atoms with Gasteiger partial charge in [-0.25, -0.2) is 0 Å². The molecule has 3 heterocycles. The van der Waals surface area contributed by atoms with Crippen LogP contribution in [0.25, 0.3) is 0 Å². The van der Waals surface area contributed by atoms with E-state index in [4.69, 9.17) is 14.2 Å². The zero-order valence-corrected chi connectivity index (χ0v) is 18.5. The number of rotatable bonds is 5. The number of hydrogen-bond acceptors (Lipinski definition) is 6. The molecule has 0 aliphatic carbocycles. The molecule has 0 aromatic heterocycles. The summed E-state index contributed by atoms with van der Waals surface area (Å²) in [4.78, 5) is 41.9. The summed E-state index contributed by atoms with van der Waals surface area (Å²) < 4.78 is 17.2. The molecule has 0 unspecified atom stereocenters. The number of carbonyl (C=O) groups is 3. The maximum atomic E-state index is 13.4. The van der Waals surface area contributed by atoms with Crippen LogP contribution in [-0.2, 0) is 16.0 Å². The van der Waals surface area contributed by atoms with Gasteiger partial charge in [0.15, 0.2) is 5.79 Å². The van der Waals surface area contributed by atoms with Crippen LogP contribution in [0, 0.1) is 0 Å². The van der Waals surface area contributed by atoms with E-state index >= 15 is 0 Å². The van der Waals surface area contributed by atoms with Gasteiger partial charge in [-0.2, -0.15) is 0 Å². The fraction of sp³-hybridized carbons (Fsp3) is 0.400. The van der Waals surface area contributed by atoms with Crippen LogP contribution in [0.4, 0.5) is 0 Å². The third-order valence-electron chi connectivity index (χ3n) is 6.42. The second-order valence-corrected chi connectivity index (χ2v) is 8.41. The van der Waals surface area contributed by atoms with E-state index in [1.807, 2.05) is 6.92 Å². The molecule has 8 nitrogen and oxygen atoms in total. The largest absolute Gasteiger partial charge is 0.493 e. The summed E-state index contributed by atoms with van der Waals surface area (Å²) >= 11 is 0. The lowest BCUT2D eigenvalue weighted by Crippen LogP contribution is -2.47. The van der Waals surface area contributed by atoms with Crippen LogP contribution in [0.2, 0.25) is 0 Å². The van der Waals surface area contributed by atoms with Crippen LogP contribution in [0.3, 0.4) is 0 Å². The van der Waals surface area contributed by atoms with Crippen LogP contribution in [-0.4, -0.2) is 66.2 Å². The second-order valence-electron chi connectivity index (χ2n) is 8.41. The molecule has 3 aliphatic heterocycles. The second kappa shape index (κ2) is 8.61. The highest BCUT2D eigenvalue weighted by molar-refractivity contribution is 6.21. The van der Waals surface area contributed by atoms with E-state index in [1.165, 1.54) is 4.90 Å². The van der Waals surface area contributed by atoms with Crippen molar-refractivity contribution in [3.8, 4) is 5.75 Å². The number of hydrogen-bond donors (Lipinski definition) is 0. The Morgan fingerprint density at radius 2 is 1.64 bits per heavy atom. The molecule has 5 rings (SSSR count). The maximum Gasteiger partial charge on any atom is 0.261 e. The molecular weight excluding hydrogens is 424 g/mol. The zero-order chi connectivity index (χ0) is 23.0. The van der Waals surface area contributed by atoms with Crippen molar-refractivity contribution in [1.29, 1.82) is 0 Å². The summed E-state index contributed by atoms with van der Waals surface area (Å²) in [7, 11) is 0. The lowest BCUT2D eigenvalue weighted by molar-refractivity contribution is -0.181. The van der Waals surface area contributed by atoms with Crippen molar-refractivity contribution in [2.24, 2.45) is 0 Å². The minimum atomic E-state index is -0.563. The van der Waals surface area contributed by atoms with Gasteiger partial charge in [0.05, 0.1) is 43.1 Å². The van der Waals surface area contributed by atoms with E-state index in [9.17, 15) is 14.4 Å². The topological polar surface area (TPSA) is 85.4 Å². The van der Waals surface area contributed by atoms with E-state index in [2.05, 4.69) is 0 Å². The van der Waals surface area contributed by atoms with Gasteiger partial charge in [0.1, 0.15) is 5.75 Å². The summed E-state index contributed by atoms with van der Waals surface area (Å²) in [6, 6.07) is 12.0. The molecule has 0 atom stereocenters. The van der Waals surface area contributed by atoms with Crippen LogP contribution in [0.5, 0.6) is 5.75 Å². The normalized spacial score (nSPS) is 19.3. The minimum Gasteiger partial charge on any atom is -0.493 e.